The summed E-state index contributed by atoms with van der Waals surface area (Å²) in [5.74, 6) is 0. The molecule has 0 aromatic rings. The van der Waals surface area contributed by atoms with Crippen LogP contribution in [-0.4, -0.2) is 22.9 Å². The molecular weight excluding hydrogens is 160 g/mol. The monoisotopic (exact) mass is 166 g/mol. The molecule has 7 heavy (non-hydrogen) atoms. The summed E-state index contributed by atoms with van der Waals surface area (Å²) in [5, 5.41) is 16.6. The van der Waals surface area contributed by atoms with Crippen LogP contribution < -0.4 is 0 Å². The van der Waals surface area contributed by atoms with E-state index < -0.39 is 6.10 Å². The zero-order valence-corrected chi connectivity index (χ0v) is 5.30. The Labute approximate surface area is 50.6 Å². The molecule has 1 unspecified atom stereocenters. The first-order valence-electron chi connectivity index (χ1n) is 1.87. The van der Waals surface area contributed by atoms with E-state index in [9.17, 15) is 0 Å². The summed E-state index contributed by atoms with van der Waals surface area (Å²) < 4.78 is 0. The summed E-state index contributed by atoms with van der Waals surface area (Å²) in [4.78, 5) is 1.51. The van der Waals surface area contributed by atoms with Crippen molar-refractivity contribution in [3.63, 3.8) is 0 Å². The Morgan fingerprint density at radius 1 is 1.71 bits per heavy atom. The number of hydrogen-bond acceptors (Lipinski definition) is 2. The lowest BCUT2D eigenvalue weighted by atomic mass is 10.4. The first-order valence-corrected chi connectivity index (χ1v) is 2.78. The van der Waals surface area contributed by atoms with Crippen molar-refractivity contribution in [2.75, 3.05) is 6.61 Å². The molecule has 0 saturated heterocycles. The van der Waals surface area contributed by atoms with Crippen molar-refractivity contribution in [3.8, 4) is 0 Å². The van der Waals surface area contributed by atoms with Crippen molar-refractivity contribution in [2.24, 2.45) is 0 Å². The lowest BCUT2D eigenvalue weighted by Crippen LogP contribution is -2.06. The summed E-state index contributed by atoms with van der Waals surface area (Å²) in [6.45, 7) is -0.220. The lowest BCUT2D eigenvalue weighted by molar-refractivity contribution is 0.131. The Bertz CT molecular complexity index is 62.7. The zero-order valence-electron chi connectivity index (χ0n) is 3.71. The predicted octanol–water partition coefficient (Wildman–Crippen LogP) is 0.248. The van der Waals surface area contributed by atoms with Gasteiger partial charge in [0.05, 0.1) is 12.7 Å². The first kappa shape index (κ1) is 7.14. The average molecular weight is 167 g/mol. The summed E-state index contributed by atoms with van der Waals surface area (Å²) in [7, 11) is 0. The van der Waals surface area contributed by atoms with Crippen LogP contribution in [0.25, 0.3) is 0 Å². The molecule has 0 bridgehead atoms. The van der Waals surface area contributed by atoms with E-state index in [1.54, 1.807) is 0 Å². The van der Waals surface area contributed by atoms with Gasteiger partial charge in [-0.2, -0.15) is 0 Å². The van der Waals surface area contributed by atoms with Gasteiger partial charge >= 0.3 is 0 Å². The molecule has 0 radical (unpaired) electrons. The van der Waals surface area contributed by atoms with Crippen LogP contribution in [0.3, 0.4) is 0 Å². The highest BCUT2D eigenvalue weighted by Gasteiger charge is 1.89. The van der Waals surface area contributed by atoms with Crippen molar-refractivity contribution >= 4 is 15.9 Å². The number of hydrogen-bond donors (Lipinski definition) is 2. The van der Waals surface area contributed by atoms with E-state index in [1.165, 1.54) is 11.1 Å². The second kappa shape index (κ2) is 4.30. The predicted molar refractivity (Wildman–Crippen MR) is 31.2 cm³/mol. The van der Waals surface area contributed by atoms with Gasteiger partial charge in [-0.3, -0.25) is 0 Å². The maximum atomic E-state index is 8.49. The number of rotatable bonds is 2. The average Bonchev–Trinajstić information content (AvgIpc) is 1.68. The van der Waals surface area contributed by atoms with E-state index in [2.05, 4.69) is 15.9 Å². The van der Waals surface area contributed by atoms with Gasteiger partial charge in [0.2, 0.25) is 0 Å². The first-order chi connectivity index (χ1) is 3.31. The van der Waals surface area contributed by atoms with Crippen LogP contribution in [0.15, 0.2) is 11.1 Å². The van der Waals surface area contributed by atoms with Crippen LogP contribution in [0.4, 0.5) is 0 Å². The molecular formula is C4H7BrO2. The number of aliphatic hydroxyl groups is 2. The van der Waals surface area contributed by atoms with Gasteiger partial charge in [0.25, 0.3) is 0 Å². The molecule has 0 fully saturated rings. The summed E-state index contributed by atoms with van der Waals surface area (Å²) in [5.41, 5.74) is 0. The second-order valence-electron chi connectivity index (χ2n) is 1.07. The van der Waals surface area contributed by atoms with Crippen molar-refractivity contribution in [3.05, 3.63) is 11.1 Å². The molecule has 0 heterocycles. The zero-order chi connectivity index (χ0) is 5.70. The minimum atomic E-state index is -0.723. The summed E-state index contributed by atoms with van der Waals surface area (Å²) >= 11 is 2.94. The second-order valence-corrected chi connectivity index (χ2v) is 1.60. The third kappa shape index (κ3) is 3.98. The Hall–Kier alpha value is 0.140. The van der Waals surface area contributed by atoms with Crippen molar-refractivity contribution < 1.29 is 10.2 Å². The van der Waals surface area contributed by atoms with Crippen LogP contribution in [-0.2, 0) is 0 Å². The molecule has 1 atom stereocenters. The van der Waals surface area contributed by atoms with E-state index >= 15 is 0 Å². The van der Waals surface area contributed by atoms with Crippen molar-refractivity contribution in [1.29, 1.82) is 0 Å². The van der Waals surface area contributed by atoms with Gasteiger partial charge in [0, 0.05) is 0 Å². The van der Waals surface area contributed by atoms with Crippen LogP contribution in [0.1, 0.15) is 0 Å². The molecule has 0 aromatic carbocycles. The molecule has 0 aromatic heterocycles. The fourth-order valence-corrected chi connectivity index (χ4v) is 0.497. The Balaban J connectivity index is 3.16. The maximum absolute atomic E-state index is 8.49. The van der Waals surface area contributed by atoms with Crippen LogP contribution in [0.2, 0.25) is 0 Å². The molecule has 42 valence electrons. The highest BCUT2D eigenvalue weighted by molar-refractivity contribution is 9.11. The van der Waals surface area contributed by atoms with Crippen LogP contribution in [0.5, 0.6) is 0 Å². The van der Waals surface area contributed by atoms with E-state index in [-0.39, 0.29) is 6.61 Å². The smallest absolute Gasteiger partial charge is 0.0959 e. The van der Waals surface area contributed by atoms with Gasteiger partial charge in [-0.15, -0.1) is 0 Å². The fraction of sp³-hybridized carbons (Fsp3) is 0.500. The Kier molecular flexibility index (Phi) is 4.39. The minimum Gasteiger partial charge on any atom is -0.393 e. The Morgan fingerprint density at radius 2 is 2.29 bits per heavy atom. The molecule has 2 nitrogen and oxygen atoms in total. The molecule has 0 rings (SSSR count). The molecule has 0 aliphatic rings. The molecule has 0 spiro atoms. The molecule has 0 aliphatic heterocycles. The van der Waals surface area contributed by atoms with Crippen molar-refractivity contribution in [1.82, 2.24) is 0 Å². The lowest BCUT2D eigenvalue weighted by Gasteiger charge is -1.94. The largest absolute Gasteiger partial charge is 0.393 e. The van der Waals surface area contributed by atoms with E-state index in [0.717, 1.165) is 0 Å². The van der Waals surface area contributed by atoms with E-state index in [4.69, 9.17) is 10.2 Å². The third-order valence-electron chi connectivity index (χ3n) is 0.482. The van der Waals surface area contributed by atoms with Gasteiger partial charge in [-0.1, -0.05) is 15.9 Å². The summed E-state index contributed by atoms with van der Waals surface area (Å²) in [6, 6.07) is 0. The van der Waals surface area contributed by atoms with Crippen LogP contribution >= 0.6 is 15.9 Å². The highest BCUT2D eigenvalue weighted by atomic mass is 79.9. The number of aliphatic hydroxyl groups excluding tert-OH is 2. The number of halogens is 1. The highest BCUT2D eigenvalue weighted by Crippen LogP contribution is 1.87. The SMILES string of the molecule is OCC(O)/C=C/Br. The Morgan fingerprint density at radius 3 is 2.43 bits per heavy atom. The molecule has 3 heteroatoms. The van der Waals surface area contributed by atoms with Gasteiger partial charge in [-0.05, 0) is 11.1 Å². The third-order valence-corrected chi connectivity index (χ3v) is 0.787. The molecule has 0 aliphatic carbocycles. The molecule has 0 saturated carbocycles. The van der Waals surface area contributed by atoms with E-state index in [0.29, 0.717) is 0 Å². The topological polar surface area (TPSA) is 40.5 Å². The van der Waals surface area contributed by atoms with Gasteiger partial charge in [-0.25, -0.2) is 0 Å². The van der Waals surface area contributed by atoms with E-state index in [1.807, 2.05) is 0 Å². The molecule has 0 amide bonds. The maximum Gasteiger partial charge on any atom is 0.0959 e. The fourth-order valence-electron chi connectivity index (χ4n) is 0.145. The van der Waals surface area contributed by atoms with Crippen molar-refractivity contribution in [2.45, 2.75) is 6.10 Å². The van der Waals surface area contributed by atoms with Gasteiger partial charge in [0.15, 0.2) is 0 Å². The standard InChI is InChI=1S/C4H7BrO2/c5-2-1-4(7)3-6/h1-2,4,6-7H,3H2/b2-1+. The van der Waals surface area contributed by atoms with Gasteiger partial charge < -0.3 is 10.2 Å². The minimum absolute atomic E-state index is 0.220. The molecule has 2 N–H and O–H groups in total. The van der Waals surface area contributed by atoms with Gasteiger partial charge in [0.1, 0.15) is 0 Å². The quantitative estimate of drug-likeness (QED) is 0.618. The van der Waals surface area contributed by atoms with Crippen LogP contribution in [0, 0.1) is 0 Å². The summed E-state index contributed by atoms with van der Waals surface area (Å²) in [6.07, 6.45) is 0.722. The normalized spacial score (nSPS) is 15.3.